The Bertz CT molecular complexity index is 1590. The number of piperidine rings is 2. The molecule has 0 spiro atoms. The fourth-order valence-corrected chi connectivity index (χ4v) is 6.58. The van der Waals surface area contributed by atoms with E-state index in [0.717, 1.165) is 0 Å². The van der Waals surface area contributed by atoms with Gasteiger partial charge in [-0.05, 0) is 68.3 Å². The SMILES string of the molecule is CCN(CC)N(CC)C(=O)c1ccc(NC(=O)CC(=O)c2ccc(Nc3nc(N4C[C@H](N)C[C@H](N)C4)nc(N4C[C@H](N)C[C@H](N)C4)n3)cc2)cc1. The Morgan fingerprint density at radius 1 is 0.686 bits per heavy atom. The number of amides is 2. The minimum Gasteiger partial charge on any atom is -0.338 e. The van der Waals surface area contributed by atoms with E-state index in [-0.39, 0.29) is 42.3 Å². The maximum absolute atomic E-state index is 13.0. The lowest BCUT2D eigenvalue weighted by Crippen LogP contribution is -2.54. The number of nitrogens with one attached hydrogen (secondary N) is 2. The third kappa shape index (κ3) is 9.74. The van der Waals surface area contributed by atoms with Crippen molar-refractivity contribution in [2.45, 2.75) is 64.2 Å². The molecule has 2 aliphatic rings. The van der Waals surface area contributed by atoms with Crippen LogP contribution >= 0.6 is 0 Å². The van der Waals surface area contributed by atoms with Gasteiger partial charge in [-0.25, -0.2) is 5.01 Å². The number of benzene rings is 2. The monoisotopic (exact) mass is 701 g/mol. The van der Waals surface area contributed by atoms with Crippen LogP contribution in [0.25, 0.3) is 0 Å². The van der Waals surface area contributed by atoms with Crippen LogP contribution in [0.2, 0.25) is 0 Å². The number of hydrogen-bond donors (Lipinski definition) is 6. The van der Waals surface area contributed by atoms with Crippen molar-refractivity contribution in [2.75, 3.05) is 66.2 Å². The molecule has 3 aromatic rings. The van der Waals surface area contributed by atoms with Crippen molar-refractivity contribution in [3.8, 4) is 0 Å². The Labute approximate surface area is 298 Å². The highest BCUT2D eigenvalue weighted by atomic mass is 16.2. The maximum atomic E-state index is 13.0. The van der Waals surface area contributed by atoms with Gasteiger partial charge in [-0.2, -0.15) is 15.0 Å². The van der Waals surface area contributed by atoms with Gasteiger partial charge in [0.05, 0.1) is 6.42 Å². The summed E-state index contributed by atoms with van der Waals surface area (Å²) >= 11 is 0. The Hall–Kier alpha value is -4.74. The molecule has 4 atom stereocenters. The Morgan fingerprint density at radius 3 is 1.63 bits per heavy atom. The second kappa shape index (κ2) is 17.0. The number of nitrogens with zero attached hydrogens (tertiary/aromatic N) is 7. The third-order valence-corrected chi connectivity index (χ3v) is 9.01. The topological polar surface area (TPSA) is 231 Å². The third-order valence-electron chi connectivity index (χ3n) is 9.01. The zero-order chi connectivity index (χ0) is 36.7. The van der Waals surface area contributed by atoms with Gasteiger partial charge in [0.25, 0.3) is 5.91 Å². The van der Waals surface area contributed by atoms with Crippen molar-refractivity contribution in [3.05, 3.63) is 59.7 Å². The quantitative estimate of drug-likeness (QED) is 0.0838. The van der Waals surface area contributed by atoms with Crippen LogP contribution in [0.3, 0.4) is 0 Å². The van der Waals surface area contributed by atoms with Crippen LogP contribution in [-0.2, 0) is 4.79 Å². The van der Waals surface area contributed by atoms with Crippen molar-refractivity contribution < 1.29 is 14.4 Å². The van der Waals surface area contributed by atoms with Gasteiger partial charge in [-0.1, -0.05) is 13.8 Å². The summed E-state index contributed by atoms with van der Waals surface area (Å²) in [6, 6.07) is 12.9. The summed E-state index contributed by atoms with van der Waals surface area (Å²) in [5.74, 6) is 0.279. The van der Waals surface area contributed by atoms with Gasteiger partial charge in [0.2, 0.25) is 23.8 Å². The lowest BCUT2D eigenvalue weighted by Gasteiger charge is -2.37. The molecule has 2 aliphatic heterocycles. The number of Topliss-reactive ketones (excluding diaryl/α,β-unsaturated/α-hetero) is 1. The number of hydrazine groups is 1. The maximum Gasteiger partial charge on any atom is 0.268 e. The smallest absolute Gasteiger partial charge is 0.268 e. The van der Waals surface area contributed by atoms with Crippen molar-refractivity contribution in [1.82, 2.24) is 25.0 Å². The van der Waals surface area contributed by atoms with E-state index in [4.69, 9.17) is 27.9 Å². The van der Waals surface area contributed by atoms with E-state index in [1.807, 2.05) is 35.6 Å². The summed E-state index contributed by atoms with van der Waals surface area (Å²) in [4.78, 5) is 56.8. The molecule has 2 aromatic carbocycles. The predicted molar refractivity (Wildman–Crippen MR) is 199 cm³/mol. The molecule has 2 saturated heterocycles. The second-order valence-electron chi connectivity index (χ2n) is 13.2. The summed E-state index contributed by atoms with van der Waals surface area (Å²) in [5, 5.41) is 9.64. The molecule has 2 amide bonds. The predicted octanol–water partition coefficient (Wildman–Crippen LogP) is 1.28. The molecule has 2 fully saturated rings. The van der Waals surface area contributed by atoms with Crippen LogP contribution in [0.5, 0.6) is 0 Å². The van der Waals surface area contributed by atoms with Gasteiger partial charge in [-0.15, -0.1) is 0 Å². The molecule has 16 nitrogen and oxygen atoms in total. The minimum atomic E-state index is -0.459. The first-order valence-electron chi connectivity index (χ1n) is 17.6. The number of anilines is 5. The van der Waals surface area contributed by atoms with Crippen LogP contribution in [0, 0.1) is 0 Å². The number of carbonyl (C=O) groups excluding carboxylic acids is 3. The summed E-state index contributed by atoms with van der Waals surface area (Å²) in [5.41, 5.74) is 27.1. The molecule has 5 rings (SSSR count). The lowest BCUT2D eigenvalue weighted by atomic mass is 10.0. The van der Waals surface area contributed by atoms with Crippen LogP contribution < -0.4 is 43.4 Å². The molecule has 51 heavy (non-hydrogen) atoms. The fourth-order valence-electron chi connectivity index (χ4n) is 6.58. The number of carbonyl (C=O) groups is 3. The zero-order valence-electron chi connectivity index (χ0n) is 29.7. The average molecular weight is 702 g/mol. The van der Waals surface area contributed by atoms with Gasteiger partial charge in [0, 0.05) is 92.5 Å². The fraction of sp³-hybridized carbons (Fsp3) is 0.486. The van der Waals surface area contributed by atoms with E-state index in [2.05, 4.69) is 20.6 Å². The lowest BCUT2D eigenvalue weighted by molar-refractivity contribution is -0.115. The van der Waals surface area contributed by atoms with E-state index in [1.165, 1.54) is 0 Å². The number of nitrogens with two attached hydrogens (primary N) is 4. The Balaban J connectivity index is 1.23. The van der Waals surface area contributed by atoms with Crippen LogP contribution in [0.1, 0.15) is 60.7 Å². The Kier molecular flexibility index (Phi) is 12.5. The molecule has 16 heteroatoms. The molecule has 0 unspecified atom stereocenters. The van der Waals surface area contributed by atoms with Gasteiger partial charge in [0.1, 0.15) is 0 Å². The van der Waals surface area contributed by atoms with Gasteiger partial charge >= 0.3 is 0 Å². The molecular weight excluding hydrogens is 650 g/mol. The first-order valence-corrected chi connectivity index (χ1v) is 17.6. The average Bonchev–Trinajstić information content (AvgIpc) is 3.10. The zero-order valence-corrected chi connectivity index (χ0v) is 29.7. The molecule has 0 aliphatic carbocycles. The Morgan fingerprint density at radius 2 is 1.16 bits per heavy atom. The molecule has 274 valence electrons. The molecule has 0 saturated carbocycles. The van der Waals surface area contributed by atoms with Crippen LogP contribution in [-0.4, -0.2) is 113 Å². The molecule has 0 radical (unpaired) electrons. The normalized spacial score (nSPS) is 20.6. The molecule has 0 bridgehead atoms. The number of ketones is 1. The van der Waals surface area contributed by atoms with Crippen LogP contribution in [0.15, 0.2) is 48.5 Å². The van der Waals surface area contributed by atoms with Gasteiger partial charge < -0.3 is 43.4 Å². The first-order chi connectivity index (χ1) is 24.5. The summed E-state index contributed by atoms with van der Waals surface area (Å²) in [6.45, 7) is 10.1. The van der Waals surface area contributed by atoms with E-state index >= 15 is 0 Å². The number of hydrogen-bond acceptors (Lipinski definition) is 14. The highest BCUT2D eigenvalue weighted by molar-refractivity contribution is 6.11. The molecule has 1 aromatic heterocycles. The van der Waals surface area contributed by atoms with Crippen molar-refractivity contribution in [2.24, 2.45) is 22.9 Å². The summed E-state index contributed by atoms with van der Waals surface area (Å²) < 4.78 is 0. The minimum absolute atomic E-state index is 0.111. The highest BCUT2D eigenvalue weighted by Gasteiger charge is 2.29. The van der Waals surface area contributed by atoms with E-state index < -0.39 is 5.91 Å². The van der Waals surface area contributed by atoms with Crippen molar-refractivity contribution in [1.29, 1.82) is 0 Å². The number of aromatic nitrogens is 3. The summed E-state index contributed by atoms with van der Waals surface area (Å²) in [7, 11) is 0. The second-order valence-corrected chi connectivity index (χ2v) is 13.2. The van der Waals surface area contributed by atoms with Crippen molar-refractivity contribution >= 4 is 46.8 Å². The van der Waals surface area contributed by atoms with Gasteiger partial charge in [0.15, 0.2) is 5.78 Å². The molecule has 3 heterocycles. The van der Waals surface area contributed by atoms with Gasteiger partial charge in [-0.3, -0.25) is 19.4 Å². The van der Waals surface area contributed by atoms with Crippen LogP contribution in [0.4, 0.5) is 29.2 Å². The number of rotatable bonds is 13. The standard InChI is InChI=1S/C35H51N13O3/c1-4-47(5-2)48(6-3)32(51)23-9-13-28(14-10-23)40-31(50)17-30(49)22-7-11-29(12-8-22)41-33-42-34(45-18-24(36)15-25(37)19-45)44-35(43-33)46-20-26(38)16-27(39)21-46/h7-14,24-27H,4-6,15-21,36-39H2,1-3H3,(H,40,50)(H,41,42,43,44)/t24-,25+,26-,27+. The van der Waals surface area contributed by atoms with Crippen molar-refractivity contribution in [3.63, 3.8) is 0 Å². The summed E-state index contributed by atoms with van der Waals surface area (Å²) in [6.07, 6.45) is 1.08. The molecular formula is C35H51N13O3. The first kappa shape index (κ1) is 37.5. The molecule has 10 N–H and O–H groups in total. The van der Waals surface area contributed by atoms with E-state index in [9.17, 15) is 14.4 Å². The van der Waals surface area contributed by atoms with E-state index in [1.54, 1.807) is 53.5 Å². The van der Waals surface area contributed by atoms with E-state index in [0.29, 0.717) is 99.0 Å². The highest BCUT2D eigenvalue weighted by Crippen LogP contribution is 2.24. The largest absolute Gasteiger partial charge is 0.338 e.